The highest BCUT2D eigenvalue weighted by Gasteiger charge is 2.43. The lowest BCUT2D eigenvalue weighted by Crippen LogP contribution is -2.55. The molecule has 7 nitrogen and oxygen atoms in total. The van der Waals surface area contributed by atoms with Crippen molar-refractivity contribution in [3.63, 3.8) is 0 Å². The molecule has 33 heavy (non-hydrogen) atoms. The molecule has 1 aliphatic carbocycles. The molecule has 2 fully saturated rings. The van der Waals surface area contributed by atoms with Crippen LogP contribution in [0.2, 0.25) is 0 Å². The van der Waals surface area contributed by atoms with Crippen LogP contribution in [0.3, 0.4) is 0 Å². The van der Waals surface area contributed by atoms with E-state index in [-0.39, 0.29) is 5.48 Å². The van der Waals surface area contributed by atoms with Gasteiger partial charge in [0.2, 0.25) is 0 Å². The molecule has 0 bridgehead atoms. The number of ether oxygens (including phenoxy) is 2. The van der Waals surface area contributed by atoms with E-state index in [2.05, 4.69) is 12.1 Å². The Labute approximate surface area is 194 Å². The Hall–Kier alpha value is -2.00. The average molecular weight is 461 g/mol. The van der Waals surface area contributed by atoms with E-state index in [4.69, 9.17) is 9.47 Å². The summed E-state index contributed by atoms with van der Waals surface area (Å²) in [6.45, 7) is 1.60. The molecule has 0 aromatic heterocycles. The number of aliphatic hydroxyl groups is 4. The van der Waals surface area contributed by atoms with E-state index in [1.54, 1.807) is 0 Å². The van der Waals surface area contributed by atoms with Crippen LogP contribution in [-0.2, 0) is 11.2 Å². The maximum absolute atomic E-state index is 10.5. The van der Waals surface area contributed by atoms with Gasteiger partial charge in [-0.2, -0.15) is 0 Å². The van der Waals surface area contributed by atoms with E-state index >= 15 is 0 Å². The Morgan fingerprint density at radius 2 is 1.61 bits per heavy atom. The molecule has 6 N–H and O–H groups in total. The standard InChI is InChI=1S/C26H34O6.H2O/c1-16-7-10-18(26-25(30)24(29)23(28)22(15-27)32-26)14-19(16)13-17-8-11-21(12-9-17)31-20-5-3-2-4-6-20;/h7-12,14,20,22-30H,2-6,13,15H2,1H3;1H2/t22-,23-,24+,25-,26+;/m1./s1. The lowest BCUT2D eigenvalue weighted by Gasteiger charge is -2.40. The zero-order chi connectivity index (χ0) is 22.7. The van der Waals surface area contributed by atoms with E-state index in [1.807, 2.05) is 37.3 Å². The van der Waals surface area contributed by atoms with E-state index in [1.165, 1.54) is 19.3 Å². The SMILES string of the molecule is Cc1ccc([C@@H]2O[C@H](CO)[C@@H](O)[C@H](O)[C@H]2O)cc1Cc1ccc(OC2CCCCC2)cc1.O. The van der Waals surface area contributed by atoms with Gasteiger partial charge in [-0.1, -0.05) is 36.8 Å². The molecule has 1 saturated heterocycles. The van der Waals surface area contributed by atoms with Crippen LogP contribution in [0.5, 0.6) is 5.75 Å². The zero-order valence-electron chi connectivity index (χ0n) is 19.1. The third-order valence-corrected chi connectivity index (χ3v) is 6.77. The second-order valence-corrected chi connectivity index (χ2v) is 9.13. The minimum Gasteiger partial charge on any atom is -0.490 e. The van der Waals surface area contributed by atoms with Crippen LogP contribution in [-0.4, -0.2) is 63.0 Å². The zero-order valence-corrected chi connectivity index (χ0v) is 19.1. The minimum absolute atomic E-state index is 0. The molecule has 0 amide bonds. The van der Waals surface area contributed by atoms with Crippen LogP contribution in [0.4, 0.5) is 0 Å². The minimum atomic E-state index is -1.38. The molecule has 1 heterocycles. The molecule has 2 aromatic carbocycles. The van der Waals surface area contributed by atoms with Gasteiger partial charge in [0.1, 0.15) is 36.3 Å². The number of hydrogen-bond acceptors (Lipinski definition) is 6. The number of benzene rings is 2. The molecule has 2 aromatic rings. The molecular weight excluding hydrogens is 424 g/mol. The first-order valence-electron chi connectivity index (χ1n) is 11.6. The van der Waals surface area contributed by atoms with Gasteiger partial charge in [0, 0.05) is 0 Å². The van der Waals surface area contributed by atoms with Crippen LogP contribution in [0.1, 0.15) is 60.5 Å². The molecule has 0 unspecified atom stereocenters. The third kappa shape index (κ3) is 5.93. The van der Waals surface area contributed by atoms with Crippen molar-refractivity contribution in [2.45, 2.75) is 82.1 Å². The topological polar surface area (TPSA) is 131 Å². The Balaban J connectivity index is 0.00000306. The maximum atomic E-state index is 10.5. The van der Waals surface area contributed by atoms with Crippen molar-refractivity contribution in [2.24, 2.45) is 0 Å². The fourth-order valence-corrected chi connectivity index (χ4v) is 4.72. The molecule has 2 aliphatic rings. The van der Waals surface area contributed by atoms with Crippen LogP contribution < -0.4 is 4.74 Å². The Morgan fingerprint density at radius 3 is 2.27 bits per heavy atom. The normalized spacial score (nSPS) is 28.2. The summed E-state index contributed by atoms with van der Waals surface area (Å²) in [4.78, 5) is 0. The fourth-order valence-electron chi connectivity index (χ4n) is 4.72. The number of hydrogen-bond donors (Lipinski definition) is 4. The van der Waals surface area contributed by atoms with Crippen molar-refractivity contribution in [3.05, 3.63) is 64.7 Å². The van der Waals surface area contributed by atoms with Gasteiger partial charge in [-0.3, -0.25) is 0 Å². The van der Waals surface area contributed by atoms with Crippen LogP contribution in [0.25, 0.3) is 0 Å². The van der Waals surface area contributed by atoms with Gasteiger partial charge < -0.3 is 35.4 Å². The molecule has 5 atom stereocenters. The van der Waals surface area contributed by atoms with Crippen molar-refractivity contribution < 1.29 is 35.4 Å². The third-order valence-electron chi connectivity index (χ3n) is 6.77. The van der Waals surface area contributed by atoms with Gasteiger partial charge in [-0.25, -0.2) is 0 Å². The van der Waals surface area contributed by atoms with Crippen molar-refractivity contribution in [1.29, 1.82) is 0 Å². The first-order valence-corrected chi connectivity index (χ1v) is 11.6. The monoisotopic (exact) mass is 460 g/mol. The number of rotatable bonds is 6. The van der Waals surface area contributed by atoms with Gasteiger partial charge in [-0.05, 0) is 73.4 Å². The van der Waals surface area contributed by atoms with Crippen molar-refractivity contribution in [2.75, 3.05) is 6.61 Å². The second-order valence-electron chi connectivity index (χ2n) is 9.13. The van der Waals surface area contributed by atoms with E-state index in [0.717, 1.165) is 35.3 Å². The molecule has 4 rings (SSSR count). The summed E-state index contributed by atoms with van der Waals surface area (Å²) in [6, 6.07) is 14.0. The Bertz CT molecular complexity index is 877. The predicted octanol–water partition coefficient (Wildman–Crippen LogP) is 1.99. The van der Waals surface area contributed by atoms with Crippen molar-refractivity contribution in [3.8, 4) is 5.75 Å². The van der Waals surface area contributed by atoms with Gasteiger partial charge in [-0.15, -0.1) is 0 Å². The van der Waals surface area contributed by atoms with E-state index in [9.17, 15) is 20.4 Å². The van der Waals surface area contributed by atoms with Crippen molar-refractivity contribution in [1.82, 2.24) is 0 Å². The Morgan fingerprint density at radius 1 is 0.909 bits per heavy atom. The van der Waals surface area contributed by atoms with Gasteiger partial charge in [0.05, 0.1) is 12.7 Å². The van der Waals surface area contributed by atoms with E-state index in [0.29, 0.717) is 18.1 Å². The number of aliphatic hydroxyl groups excluding tert-OH is 4. The summed E-state index contributed by atoms with van der Waals surface area (Å²) in [5.41, 5.74) is 4.05. The Kier molecular flexibility index (Phi) is 8.87. The van der Waals surface area contributed by atoms with Crippen LogP contribution >= 0.6 is 0 Å². The van der Waals surface area contributed by atoms with Crippen LogP contribution in [0, 0.1) is 6.92 Å². The summed E-state index contributed by atoms with van der Waals surface area (Å²) in [5.74, 6) is 0.910. The highest BCUT2D eigenvalue weighted by molar-refractivity contribution is 5.38. The average Bonchev–Trinajstić information content (AvgIpc) is 2.81. The summed E-state index contributed by atoms with van der Waals surface area (Å²) < 4.78 is 11.8. The lowest BCUT2D eigenvalue weighted by molar-refractivity contribution is -0.231. The second kappa shape index (κ2) is 11.4. The molecule has 182 valence electrons. The van der Waals surface area contributed by atoms with E-state index < -0.39 is 37.1 Å². The molecule has 7 heteroatoms. The highest BCUT2D eigenvalue weighted by atomic mass is 16.5. The molecule has 0 radical (unpaired) electrons. The van der Waals surface area contributed by atoms with Gasteiger partial charge >= 0.3 is 0 Å². The summed E-state index contributed by atoms with van der Waals surface area (Å²) >= 11 is 0. The summed E-state index contributed by atoms with van der Waals surface area (Å²) in [6.07, 6.45) is 1.33. The summed E-state index contributed by atoms with van der Waals surface area (Å²) in [5, 5.41) is 40.1. The molecular formula is C26H36O7. The highest BCUT2D eigenvalue weighted by Crippen LogP contribution is 2.33. The smallest absolute Gasteiger partial charge is 0.119 e. The van der Waals surface area contributed by atoms with Crippen molar-refractivity contribution >= 4 is 0 Å². The quantitative estimate of drug-likeness (QED) is 0.521. The maximum Gasteiger partial charge on any atom is 0.119 e. The first kappa shape index (κ1) is 25.6. The molecule has 1 saturated carbocycles. The molecule has 0 spiro atoms. The molecule has 1 aliphatic heterocycles. The lowest BCUT2D eigenvalue weighted by atomic mass is 9.89. The number of aryl methyl sites for hydroxylation is 1. The summed E-state index contributed by atoms with van der Waals surface area (Å²) in [7, 11) is 0. The largest absolute Gasteiger partial charge is 0.490 e. The first-order chi connectivity index (χ1) is 15.5. The fraction of sp³-hybridized carbons (Fsp3) is 0.538. The van der Waals surface area contributed by atoms with Crippen LogP contribution in [0.15, 0.2) is 42.5 Å². The van der Waals surface area contributed by atoms with Gasteiger partial charge in [0.25, 0.3) is 0 Å². The van der Waals surface area contributed by atoms with Gasteiger partial charge in [0.15, 0.2) is 0 Å². The predicted molar refractivity (Wildman–Crippen MR) is 124 cm³/mol.